The zero-order valence-electron chi connectivity index (χ0n) is 22.2. The first kappa shape index (κ1) is 29.9. The van der Waals surface area contributed by atoms with E-state index in [0.29, 0.717) is 28.8 Å². The summed E-state index contributed by atoms with van der Waals surface area (Å²) in [6.45, 7) is 2.52. The molecule has 2 amide bonds. The molecule has 0 radical (unpaired) electrons. The van der Waals surface area contributed by atoms with E-state index in [1.54, 1.807) is 17.0 Å². The van der Waals surface area contributed by atoms with Gasteiger partial charge in [0, 0.05) is 19.5 Å². The Morgan fingerprint density at radius 1 is 0.925 bits per heavy atom. The molecular weight excluding hydrogens is 611 g/mol. The molecule has 1 N–H and O–H groups in total. The van der Waals surface area contributed by atoms with E-state index >= 15 is 0 Å². The number of hydrogen-bond donors (Lipinski definition) is 1. The molecule has 0 saturated carbocycles. The van der Waals surface area contributed by atoms with Gasteiger partial charge in [-0.3, -0.25) is 9.59 Å². The molecule has 0 aliphatic rings. The highest BCUT2D eigenvalue weighted by Gasteiger charge is 2.31. The third kappa shape index (κ3) is 7.78. The van der Waals surface area contributed by atoms with Gasteiger partial charge >= 0.3 is 0 Å². The van der Waals surface area contributed by atoms with Crippen molar-refractivity contribution in [3.8, 4) is 5.75 Å². The minimum atomic E-state index is -0.759. The molecule has 0 aliphatic carbocycles. The number of hydrogen-bond acceptors (Lipinski definition) is 3. The number of ether oxygens (including phenoxy) is 1. The molecule has 8 heteroatoms. The van der Waals surface area contributed by atoms with Crippen LogP contribution in [0.4, 0.5) is 0 Å². The molecule has 5 nitrogen and oxygen atoms in total. The highest BCUT2D eigenvalue weighted by atomic mass is 79.9. The first-order valence-electron chi connectivity index (χ1n) is 13.2. The summed E-state index contributed by atoms with van der Waals surface area (Å²) >= 11 is 16.1. The summed E-state index contributed by atoms with van der Waals surface area (Å²) < 4.78 is 6.80. The van der Waals surface area contributed by atoms with Crippen molar-refractivity contribution in [2.75, 3.05) is 13.2 Å². The summed E-state index contributed by atoms with van der Waals surface area (Å²) in [6, 6.07) is 25.9. The maximum absolute atomic E-state index is 13.9. The molecule has 40 heavy (non-hydrogen) atoms. The van der Waals surface area contributed by atoms with Crippen molar-refractivity contribution in [2.24, 2.45) is 0 Å². The number of halogens is 3. The van der Waals surface area contributed by atoms with Gasteiger partial charge in [-0.05, 0) is 62.4 Å². The van der Waals surface area contributed by atoms with Gasteiger partial charge in [0.05, 0.1) is 14.5 Å². The van der Waals surface area contributed by atoms with Crippen molar-refractivity contribution in [1.82, 2.24) is 10.2 Å². The molecule has 0 fully saturated rings. The van der Waals surface area contributed by atoms with Gasteiger partial charge in [0.15, 0.2) is 6.61 Å². The Morgan fingerprint density at radius 2 is 1.68 bits per heavy atom. The number of amides is 2. The van der Waals surface area contributed by atoms with Crippen LogP contribution >= 0.6 is 39.1 Å². The fourth-order valence-electron chi connectivity index (χ4n) is 4.44. The Kier molecular flexibility index (Phi) is 10.9. The smallest absolute Gasteiger partial charge is 0.261 e. The average molecular weight is 642 g/mol. The summed E-state index contributed by atoms with van der Waals surface area (Å²) in [5.74, 6) is 0.0175. The van der Waals surface area contributed by atoms with Crippen LogP contribution in [0.2, 0.25) is 10.0 Å². The molecule has 4 aromatic rings. The van der Waals surface area contributed by atoms with Crippen molar-refractivity contribution in [3.05, 3.63) is 111 Å². The van der Waals surface area contributed by atoms with E-state index in [-0.39, 0.29) is 25.0 Å². The lowest BCUT2D eigenvalue weighted by atomic mass is 10.0. The lowest BCUT2D eigenvalue weighted by Crippen LogP contribution is -2.51. The van der Waals surface area contributed by atoms with Gasteiger partial charge in [0.1, 0.15) is 11.8 Å². The maximum Gasteiger partial charge on any atom is 0.261 e. The molecule has 0 aromatic heterocycles. The number of unbranched alkanes of at least 4 members (excludes halogenated alkanes) is 1. The van der Waals surface area contributed by atoms with E-state index in [0.717, 1.165) is 39.2 Å². The lowest BCUT2D eigenvalue weighted by Gasteiger charge is -2.31. The van der Waals surface area contributed by atoms with Crippen LogP contribution < -0.4 is 10.1 Å². The van der Waals surface area contributed by atoms with Gasteiger partial charge in [-0.15, -0.1) is 0 Å². The second kappa shape index (κ2) is 14.5. The minimum absolute atomic E-state index is 0.163. The van der Waals surface area contributed by atoms with Crippen LogP contribution in [0.1, 0.15) is 30.9 Å². The fourth-order valence-corrected chi connectivity index (χ4v) is 5.37. The van der Waals surface area contributed by atoms with E-state index in [2.05, 4.69) is 28.2 Å². The minimum Gasteiger partial charge on any atom is -0.483 e. The number of fused-ring (bicyclic) bond motifs is 1. The molecule has 0 aliphatic heterocycles. The molecule has 0 spiro atoms. The largest absolute Gasteiger partial charge is 0.483 e. The van der Waals surface area contributed by atoms with Gasteiger partial charge in [0.2, 0.25) is 5.91 Å². The fraction of sp³-hybridized carbons (Fsp3) is 0.250. The molecular formula is C32H31BrCl2N2O3. The van der Waals surface area contributed by atoms with Gasteiger partial charge in [-0.2, -0.15) is 0 Å². The normalized spacial score (nSPS) is 11.7. The SMILES string of the molecule is CCCCNC(=O)C(Cc1ccccc1)N(Cc1ccc(Cl)c(Cl)c1)C(=O)COc1ccc2ccccc2c1Br. The van der Waals surface area contributed by atoms with Crippen molar-refractivity contribution in [2.45, 2.75) is 38.8 Å². The Hall–Kier alpha value is -3.06. The standard InChI is InChI=1S/C32H31BrCl2N2O3/c1-2-3-17-36-32(39)28(19-22-9-5-4-6-10-22)37(20-23-13-15-26(34)27(35)18-23)30(38)21-40-29-16-14-24-11-7-8-12-25(24)31(29)33/h4-16,18,28H,2-3,17,19-21H2,1H3,(H,36,39). The highest BCUT2D eigenvalue weighted by Crippen LogP contribution is 2.33. The molecule has 1 unspecified atom stereocenters. The van der Waals surface area contributed by atoms with Gasteiger partial charge in [-0.25, -0.2) is 0 Å². The number of carbonyl (C=O) groups excluding carboxylic acids is 2. The second-order valence-corrected chi connectivity index (χ2v) is 11.1. The van der Waals surface area contributed by atoms with Crippen LogP contribution in [0, 0.1) is 0 Å². The second-order valence-electron chi connectivity index (χ2n) is 9.51. The summed E-state index contributed by atoms with van der Waals surface area (Å²) in [4.78, 5) is 29.0. The van der Waals surface area contributed by atoms with E-state index in [1.165, 1.54) is 0 Å². The third-order valence-corrected chi connectivity index (χ3v) is 8.17. The summed E-state index contributed by atoms with van der Waals surface area (Å²) in [6.07, 6.45) is 2.15. The van der Waals surface area contributed by atoms with Crippen LogP contribution in [0.25, 0.3) is 10.8 Å². The molecule has 4 aromatic carbocycles. The summed E-state index contributed by atoms with van der Waals surface area (Å²) in [5.41, 5.74) is 1.71. The van der Waals surface area contributed by atoms with Crippen molar-refractivity contribution >= 4 is 61.7 Å². The monoisotopic (exact) mass is 640 g/mol. The molecule has 1 atom stereocenters. The Morgan fingerprint density at radius 3 is 2.42 bits per heavy atom. The first-order chi connectivity index (χ1) is 19.4. The summed E-state index contributed by atoms with van der Waals surface area (Å²) in [7, 11) is 0. The van der Waals surface area contributed by atoms with Crippen molar-refractivity contribution < 1.29 is 14.3 Å². The van der Waals surface area contributed by atoms with Crippen LogP contribution in [0.5, 0.6) is 5.75 Å². The highest BCUT2D eigenvalue weighted by molar-refractivity contribution is 9.10. The van der Waals surface area contributed by atoms with E-state index in [9.17, 15) is 9.59 Å². The van der Waals surface area contributed by atoms with Crippen LogP contribution in [0.3, 0.4) is 0 Å². The molecule has 208 valence electrons. The predicted octanol–water partition coefficient (Wildman–Crippen LogP) is 7.84. The van der Waals surface area contributed by atoms with Crippen molar-refractivity contribution in [1.29, 1.82) is 0 Å². The Balaban J connectivity index is 1.64. The predicted molar refractivity (Wildman–Crippen MR) is 166 cm³/mol. The van der Waals surface area contributed by atoms with E-state index in [1.807, 2.05) is 72.8 Å². The number of rotatable bonds is 12. The zero-order chi connectivity index (χ0) is 28.5. The summed E-state index contributed by atoms with van der Waals surface area (Å²) in [5, 5.41) is 5.87. The number of nitrogens with one attached hydrogen (secondary N) is 1. The quantitative estimate of drug-likeness (QED) is 0.160. The number of benzene rings is 4. The Labute approximate surface area is 253 Å². The van der Waals surface area contributed by atoms with E-state index in [4.69, 9.17) is 27.9 Å². The van der Waals surface area contributed by atoms with Gasteiger partial charge in [-0.1, -0.05) is 103 Å². The first-order valence-corrected chi connectivity index (χ1v) is 14.8. The lowest BCUT2D eigenvalue weighted by molar-refractivity contribution is -0.142. The zero-order valence-corrected chi connectivity index (χ0v) is 25.3. The average Bonchev–Trinajstić information content (AvgIpc) is 2.97. The van der Waals surface area contributed by atoms with Crippen LogP contribution in [-0.2, 0) is 22.6 Å². The third-order valence-electron chi connectivity index (χ3n) is 6.62. The van der Waals surface area contributed by atoms with Gasteiger partial charge in [0.25, 0.3) is 5.91 Å². The molecule has 0 saturated heterocycles. The Bertz CT molecular complexity index is 1470. The maximum atomic E-state index is 13.9. The van der Waals surface area contributed by atoms with Crippen molar-refractivity contribution in [3.63, 3.8) is 0 Å². The molecule has 0 bridgehead atoms. The molecule has 0 heterocycles. The van der Waals surface area contributed by atoms with Crippen LogP contribution in [-0.4, -0.2) is 35.9 Å². The van der Waals surface area contributed by atoms with E-state index < -0.39 is 6.04 Å². The van der Waals surface area contributed by atoms with Gasteiger partial charge < -0.3 is 15.0 Å². The topological polar surface area (TPSA) is 58.6 Å². The van der Waals surface area contributed by atoms with Crippen LogP contribution in [0.15, 0.2) is 89.4 Å². The number of carbonyl (C=O) groups is 2. The number of nitrogens with zero attached hydrogens (tertiary/aromatic N) is 1. The molecule has 4 rings (SSSR count).